The van der Waals surface area contributed by atoms with Gasteiger partial charge >= 0.3 is 6.01 Å². The van der Waals surface area contributed by atoms with Gasteiger partial charge in [-0.15, -0.1) is 16.4 Å². The van der Waals surface area contributed by atoms with E-state index in [4.69, 9.17) is 16.0 Å². The number of anilines is 1. The maximum absolute atomic E-state index is 12.1. The normalized spacial score (nSPS) is 10.8. The topological polar surface area (TPSA) is 68.0 Å². The van der Waals surface area contributed by atoms with Crippen LogP contribution in [0.15, 0.2) is 34.7 Å². The van der Waals surface area contributed by atoms with Gasteiger partial charge in [0.25, 0.3) is 0 Å². The van der Waals surface area contributed by atoms with E-state index in [1.807, 2.05) is 38.1 Å². The summed E-state index contributed by atoms with van der Waals surface area (Å²) >= 11 is 7.36. The smallest absolute Gasteiger partial charge is 0.322 e. The van der Waals surface area contributed by atoms with E-state index in [-0.39, 0.29) is 18.3 Å². The number of halogens is 1. The van der Waals surface area contributed by atoms with Crippen molar-refractivity contribution in [3.05, 3.63) is 62.1 Å². The Morgan fingerprint density at radius 3 is 2.79 bits per heavy atom. The number of benzene rings is 1. The molecule has 3 rings (SSSR count). The van der Waals surface area contributed by atoms with Crippen molar-refractivity contribution in [2.24, 2.45) is 0 Å². The number of thiophene rings is 1. The van der Waals surface area contributed by atoms with Gasteiger partial charge in [0.15, 0.2) is 0 Å². The first-order valence-corrected chi connectivity index (χ1v) is 8.61. The van der Waals surface area contributed by atoms with Crippen LogP contribution in [0.5, 0.6) is 0 Å². The highest BCUT2D eigenvalue weighted by atomic mass is 35.5. The second-order valence-corrected chi connectivity index (χ2v) is 7.34. The predicted octanol–water partition coefficient (Wildman–Crippen LogP) is 4.17. The molecule has 124 valence electrons. The number of rotatable bonds is 5. The summed E-state index contributed by atoms with van der Waals surface area (Å²) in [5, 5.41) is 10.4. The Morgan fingerprint density at radius 1 is 1.25 bits per heavy atom. The summed E-state index contributed by atoms with van der Waals surface area (Å²) in [5.74, 6) is 0.256. The summed E-state index contributed by atoms with van der Waals surface area (Å²) in [5.41, 5.74) is 3.24. The van der Waals surface area contributed by atoms with Crippen molar-refractivity contribution in [3.8, 4) is 0 Å². The highest BCUT2D eigenvalue weighted by Gasteiger charge is 2.12. The zero-order chi connectivity index (χ0) is 17.1. The third-order valence-corrected chi connectivity index (χ3v) is 4.75. The van der Waals surface area contributed by atoms with Crippen molar-refractivity contribution in [2.45, 2.75) is 26.7 Å². The van der Waals surface area contributed by atoms with Gasteiger partial charge in [0.2, 0.25) is 11.8 Å². The van der Waals surface area contributed by atoms with Crippen molar-refractivity contribution in [2.75, 3.05) is 5.32 Å². The van der Waals surface area contributed by atoms with Crippen LogP contribution in [0.3, 0.4) is 0 Å². The van der Waals surface area contributed by atoms with Crippen LogP contribution < -0.4 is 5.32 Å². The van der Waals surface area contributed by atoms with Crippen LogP contribution in [0.4, 0.5) is 6.01 Å². The number of carbonyl (C=O) groups excluding carboxylic acids is 1. The molecule has 5 nitrogen and oxygen atoms in total. The van der Waals surface area contributed by atoms with Crippen LogP contribution in [0.25, 0.3) is 0 Å². The molecule has 0 bridgehead atoms. The second kappa shape index (κ2) is 7.15. The molecule has 3 aromatic rings. The summed E-state index contributed by atoms with van der Waals surface area (Å²) in [4.78, 5) is 13.2. The Kier molecular flexibility index (Phi) is 4.97. The molecular formula is C17H16ClN3O2S. The fourth-order valence-electron chi connectivity index (χ4n) is 2.35. The van der Waals surface area contributed by atoms with E-state index in [0.29, 0.717) is 16.6 Å². The number of nitrogens with one attached hydrogen (secondary N) is 1. The van der Waals surface area contributed by atoms with E-state index in [0.717, 1.165) is 16.0 Å². The van der Waals surface area contributed by atoms with Gasteiger partial charge in [-0.25, -0.2) is 0 Å². The number of amides is 1. The van der Waals surface area contributed by atoms with Gasteiger partial charge in [-0.2, -0.15) is 0 Å². The second-order valence-electron chi connectivity index (χ2n) is 5.54. The van der Waals surface area contributed by atoms with Crippen LogP contribution in [0.2, 0.25) is 4.34 Å². The lowest BCUT2D eigenvalue weighted by atomic mass is 10.0. The molecule has 0 saturated heterocycles. The van der Waals surface area contributed by atoms with Crippen LogP contribution in [0, 0.1) is 13.8 Å². The molecule has 24 heavy (non-hydrogen) atoms. The Morgan fingerprint density at radius 2 is 2.08 bits per heavy atom. The molecule has 0 fully saturated rings. The highest BCUT2D eigenvalue weighted by Crippen LogP contribution is 2.23. The van der Waals surface area contributed by atoms with Crippen LogP contribution in [0.1, 0.15) is 27.5 Å². The molecule has 2 heterocycles. The molecule has 1 N–H and O–H groups in total. The van der Waals surface area contributed by atoms with Gasteiger partial charge in [-0.05, 0) is 37.1 Å². The first-order chi connectivity index (χ1) is 11.5. The monoisotopic (exact) mass is 361 g/mol. The van der Waals surface area contributed by atoms with E-state index in [1.165, 1.54) is 16.9 Å². The lowest BCUT2D eigenvalue weighted by molar-refractivity contribution is -0.115. The van der Waals surface area contributed by atoms with E-state index in [1.54, 1.807) is 0 Å². The Balaban J connectivity index is 1.60. The maximum atomic E-state index is 12.1. The first-order valence-electron chi connectivity index (χ1n) is 7.42. The number of carbonyl (C=O) groups is 1. The minimum absolute atomic E-state index is 0.113. The molecule has 0 unspecified atom stereocenters. The Labute approximate surface area is 148 Å². The van der Waals surface area contributed by atoms with Gasteiger partial charge in [0.05, 0.1) is 17.2 Å². The summed E-state index contributed by atoms with van der Waals surface area (Å²) in [6.45, 7) is 4.02. The standard InChI is InChI=1S/C17H16ClN3O2S/c1-10-3-4-12(11(2)7-10)8-15(22)19-17-21-20-16(23-17)9-13-5-6-14(18)24-13/h3-7H,8-9H2,1-2H3,(H,19,21,22). The lowest BCUT2D eigenvalue weighted by Crippen LogP contribution is -2.15. The number of nitrogens with zero attached hydrogens (tertiary/aromatic N) is 2. The maximum Gasteiger partial charge on any atom is 0.322 e. The fraction of sp³-hybridized carbons (Fsp3) is 0.235. The van der Waals surface area contributed by atoms with Crippen LogP contribution in [-0.4, -0.2) is 16.1 Å². The fourth-order valence-corrected chi connectivity index (χ4v) is 3.43. The lowest BCUT2D eigenvalue weighted by Gasteiger charge is -2.06. The van der Waals surface area contributed by atoms with Crippen molar-refractivity contribution in [1.29, 1.82) is 0 Å². The Hall–Kier alpha value is -2.18. The molecule has 0 aliphatic carbocycles. The molecule has 1 aromatic carbocycles. The molecule has 0 aliphatic rings. The summed E-state index contributed by atoms with van der Waals surface area (Å²) in [6.07, 6.45) is 0.766. The van der Waals surface area contributed by atoms with Crippen molar-refractivity contribution in [1.82, 2.24) is 10.2 Å². The van der Waals surface area contributed by atoms with Gasteiger partial charge in [-0.3, -0.25) is 10.1 Å². The average Bonchev–Trinajstić information content (AvgIpc) is 3.12. The highest BCUT2D eigenvalue weighted by molar-refractivity contribution is 7.16. The summed E-state index contributed by atoms with van der Waals surface area (Å²) < 4.78 is 6.18. The van der Waals surface area contributed by atoms with Crippen molar-refractivity contribution < 1.29 is 9.21 Å². The molecular weight excluding hydrogens is 346 g/mol. The molecule has 1 amide bonds. The van der Waals surface area contributed by atoms with Crippen LogP contribution >= 0.6 is 22.9 Å². The van der Waals surface area contributed by atoms with Crippen molar-refractivity contribution >= 4 is 34.9 Å². The van der Waals surface area contributed by atoms with E-state index < -0.39 is 0 Å². The van der Waals surface area contributed by atoms with Gasteiger partial charge in [0, 0.05) is 4.88 Å². The van der Waals surface area contributed by atoms with Crippen molar-refractivity contribution in [3.63, 3.8) is 0 Å². The zero-order valence-corrected chi connectivity index (χ0v) is 14.9. The summed E-state index contributed by atoms with van der Waals surface area (Å²) in [7, 11) is 0. The van der Waals surface area contributed by atoms with E-state index >= 15 is 0 Å². The summed E-state index contributed by atoms with van der Waals surface area (Å²) in [6, 6.07) is 9.86. The number of hydrogen-bond acceptors (Lipinski definition) is 5. The third kappa shape index (κ3) is 4.21. The molecule has 7 heteroatoms. The van der Waals surface area contributed by atoms with Gasteiger partial charge in [-0.1, -0.05) is 40.5 Å². The van der Waals surface area contributed by atoms with E-state index in [9.17, 15) is 4.79 Å². The molecule has 0 radical (unpaired) electrons. The SMILES string of the molecule is Cc1ccc(CC(=O)Nc2nnc(Cc3ccc(Cl)s3)o2)c(C)c1. The molecule has 0 aliphatic heterocycles. The zero-order valence-electron chi connectivity index (χ0n) is 13.3. The van der Waals surface area contributed by atoms with Crippen LogP contribution in [-0.2, 0) is 17.6 Å². The first kappa shape index (κ1) is 16.7. The predicted molar refractivity (Wildman–Crippen MR) is 94.7 cm³/mol. The van der Waals surface area contributed by atoms with Gasteiger partial charge < -0.3 is 4.42 Å². The average molecular weight is 362 g/mol. The number of hydrogen-bond donors (Lipinski definition) is 1. The largest absolute Gasteiger partial charge is 0.407 e. The molecule has 0 spiro atoms. The van der Waals surface area contributed by atoms with E-state index in [2.05, 4.69) is 21.6 Å². The minimum atomic E-state index is -0.184. The Bertz CT molecular complexity index is 872. The molecule has 2 aromatic heterocycles. The number of aryl methyl sites for hydroxylation is 2. The number of aromatic nitrogens is 2. The minimum Gasteiger partial charge on any atom is -0.407 e. The molecule has 0 saturated carbocycles. The third-order valence-electron chi connectivity index (χ3n) is 3.52. The van der Waals surface area contributed by atoms with Gasteiger partial charge in [0.1, 0.15) is 0 Å². The molecule has 0 atom stereocenters. The quantitative estimate of drug-likeness (QED) is 0.740.